The fourth-order valence-electron chi connectivity index (χ4n) is 8.36. The van der Waals surface area contributed by atoms with Crippen LogP contribution >= 0.6 is 0 Å². The third-order valence-corrected chi connectivity index (χ3v) is 9.97. The van der Waals surface area contributed by atoms with Gasteiger partial charge in [-0.3, -0.25) is 0 Å². The number of hydrogen-bond donors (Lipinski definition) is 4. The fraction of sp³-hybridized carbons (Fsp3) is 0.826. The second-order valence-corrected chi connectivity index (χ2v) is 10.8. The van der Waals surface area contributed by atoms with Gasteiger partial charge in [0.05, 0.1) is 28.3 Å². The Morgan fingerprint density at radius 2 is 1.83 bits per heavy atom. The molecule has 5 rings (SSSR count). The summed E-state index contributed by atoms with van der Waals surface area (Å²) in [6.07, 6.45) is 4.97. The van der Waals surface area contributed by atoms with Crippen molar-refractivity contribution in [3.63, 3.8) is 0 Å². The van der Waals surface area contributed by atoms with Crippen molar-refractivity contribution in [1.82, 2.24) is 0 Å². The summed E-state index contributed by atoms with van der Waals surface area (Å²) in [6.45, 7) is 2.22. The van der Waals surface area contributed by atoms with Crippen LogP contribution in [0.1, 0.15) is 64.7 Å². The lowest BCUT2D eigenvalue weighted by atomic mass is 9.40. The molecule has 7 heteroatoms. The number of aliphatic hydroxyl groups is 4. The Morgan fingerprint density at radius 1 is 1.07 bits per heavy atom. The summed E-state index contributed by atoms with van der Waals surface area (Å²) in [4.78, 5) is 24.2. The highest BCUT2D eigenvalue weighted by Gasteiger charge is 2.77. The van der Waals surface area contributed by atoms with E-state index < -0.39 is 39.7 Å². The lowest BCUT2D eigenvalue weighted by molar-refractivity contribution is -0.315. The van der Waals surface area contributed by atoms with E-state index >= 15 is 0 Å². The van der Waals surface area contributed by atoms with Crippen LogP contribution in [0.4, 0.5) is 0 Å². The van der Waals surface area contributed by atoms with Crippen LogP contribution in [0.15, 0.2) is 11.6 Å². The molecule has 0 aromatic carbocycles. The summed E-state index contributed by atoms with van der Waals surface area (Å²) >= 11 is 0. The second kappa shape index (κ2) is 6.15. The van der Waals surface area contributed by atoms with Crippen LogP contribution in [0.5, 0.6) is 0 Å². The van der Waals surface area contributed by atoms with E-state index in [9.17, 15) is 30.0 Å². The first-order chi connectivity index (χ1) is 14.1. The first-order valence-corrected chi connectivity index (χ1v) is 11.2. The molecule has 1 aliphatic heterocycles. The van der Waals surface area contributed by atoms with Gasteiger partial charge in [0.15, 0.2) is 0 Å². The van der Waals surface area contributed by atoms with Gasteiger partial charge in [-0.05, 0) is 62.9 Å². The average Bonchev–Trinajstić information content (AvgIpc) is 3.23. The zero-order valence-corrected chi connectivity index (χ0v) is 17.5. The van der Waals surface area contributed by atoms with Crippen molar-refractivity contribution in [2.45, 2.75) is 87.6 Å². The highest BCUT2D eigenvalue weighted by Crippen LogP contribution is 2.71. The Hall–Kier alpha value is -1.28. The number of esters is 1. The molecule has 166 valence electrons. The van der Waals surface area contributed by atoms with E-state index in [1.807, 2.05) is 6.92 Å². The summed E-state index contributed by atoms with van der Waals surface area (Å²) in [5.74, 6) is -0.999. The lowest BCUT2D eigenvalue weighted by Crippen LogP contribution is -2.77. The van der Waals surface area contributed by atoms with Crippen molar-refractivity contribution in [2.75, 3.05) is 6.61 Å². The van der Waals surface area contributed by atoms with Crippen molar-refractivity contribution in [3.8, 4) is 0 Å². The maximum Gasteiger partial charge on any atom is 0.331 e. The number of fused-ring (bicyclic) bond motifs is 5. The summed E-state index contributed by atoms with van der Waals surface area (Å²) in [7, 11) is 0. The van der Waals surface area contributed by atoms with E-state index in [-0.39, 0.29) is 37.8 Å². The zero-order chi connectivity index (χ0) is 21.6. The van der Waals surface area contributed by atoms with Gasteiger partial charge in [0.1, 0.15) is 12.9 Å². The molecule has 0 radical (unpaired) electrons. The minimum Gasteiger partial charge on any atom is -0.458 e. The molecule has 0 amide bonds. The predicted octanol–water partition coefficient (Wildman–Crippen LogP) is 1.01. The molecule has 0 spiro atoms. The maximum absolute atomic E-state index is 12.5. The Balaban J connectivity index is 1.57. The van der Waals surface area contributed by atoms with Gasteiger partial charge >= 0.3 is 5.97 Å². The Morgan fingerprint density at radius 3 is 2.50 bits per heavy atom. The monoisotopic (exact) mass is 420 g/mol. The zero-order valence-electron chi connectivity index (χ0n) is 17.5. The lowest BCUT2D eigenvalue weighted by Gasteiger charge is -2.68. The van der Waals surface area contributed by atoms with Gasteiger partial charge in [0, 0.05) is 23.8 Å². The van der Waals surface area contributed by atoms with Gasteiger partial charge in [0.2, 0.25) is 0 Å². The quantitative estimate of drug-likeness (QED) is 0.388. The molecule has 4 N–H and O–H groups in total. The number of aliphatic hydroxyl groups excluding tert-OH is 1. The van der Waals surface area contributed by atoms with Crippen molar-refractivity contribution in [1.29, 1.82) is 0 Å². The van der Waals surface area contributed by atoms with Gasteiger partial charge in [0.25, 0.3) is 0 Å². The molecule has 4 saturated carbocycles. The van der Waals surface area contributed by atoms with E-state index in [2.05, 4.69) is 0 Å². The largest absolute Gasteiger partial charge is 0.458 e. The molecule has 30 heavy (non-hydrogen) atoms. The van der Waals surface area contributed by atoms with Crippen molar-refractivity contribution >= 4 is 12.3 Å². The highest BCUT2D eigenvalue weighted by molar-refractivity contribution is 5.85. The minimum atomic E-state index is -1.51. The van der Waals surface area contributed by atoms with Gasteiger partial charge in [-0.25, -0.2) is 4.79 Å². The SMILES string of the molecule is C[C@]12CC[C@H]3[C@@](O)(CC[C@]4(O)C[C@@H](O)CC[C@]34C=O)[C@@]1(O)CC[C@@H]2C1=CC(=O)OC1. The minimum absolute atomic E-state index is 0.0694. The van der Waals surface area contributed by atoms with Crippen LogP contribution < -0.4 is 0 Å². The Labute approximate surface area is 176 Å². The van der Waals surface area contributed by atoms with E-state index in [0.29, 0.717) is 38.5 Å². The summed E-state index contributed by atoms with van der Waals surface area (Å²) in [5, 5.41) is 45.9. The molecule has 0 saturated heterocycles. The predicted molar refractivity (Wildman–Crippen MR) is 105 cm³/mol. The van der Waals surface area contributed by atoms with Crippen LogP contribution in [0, 0.1) is 22.7 Å². The number of carbonyl (C=O) groups is 2. The normalized spacial score (nSPS) is 55.2. The molecule has 4 fully saturated rings. The van der Waals surface area contributed by atoms with Gasteiger partial charge in [-0.1, -0.05) is 6.92 Å². The molecule has 4 aliphatic carbocycles. The summed E-state index contributed by atoms with van der Waals surface area (Å²) < 4.78 is 5.12. The summed E-state index contributed by atoms with van der Waals surface area (Å²) in [6, 6.07) is 0. The highest BCUT2D eigenvalue weighted by atomic mass is 16.5. The maximum atomic E-state index is 12.5. The topological polar surface area (TPSA) is 124 Å². The van der Waals surface area contributed by atoms with Crippen LogP contribution in [0.3, 0.4) is 0 Å². The molecule has 0 aromatic heterocycles. The van der Waals surface area contributed by atoms with E-state index in [1.165, 1.54) is 6.08 Å². The number of carbonyl (C=O) groups excluding carboxylic acids is 2. The van der Waals surface area contributed by atoms with Gasteiger partial charge < -0.3 is 30.0 Å². The Bertz CT molecular complexity index is 824. The number of cyclic esters (lactones) is 1. The smallest absolute Gasteiger partial charge is 0.331 e. The fourth-order valence-corrected chi connectivity index (χ4v) is 8.36. The van der Waals surface area contributed by atoms with Crippen molar-refractivity contribution in [2.24, 2.45) is 22.7 Å². The molecule has 0 aromatic rings. The van der Waals surface area contributed by atoms with E-state index in [4.69, 9.17) is 4.74 Å². The first-order valence-electron chi connectivity index (χ1n) is 11.2. The number of rotatable bonds is 2. The third-order valence-electron chi connectivity index (χ3n) is 9.97. The van der Waals surface area contributed by atoms with Crippen molar-refractivity contribution < 1.29 is 34.8 Å². The molecule has 7 nitrogen and oxygen atoms in total. The van der Waals surface area contributed by atoms with E-state index in [1.54, 1.807) is 0 Å². The van der Waals surface area contributed by atoms with Gasteiger partial charge in [-0.2, -0.15) is 0 Å². The van der Waals surface area contributed by atoms with Crippen LogP contribution in [0.25, 0.3) is 0 Å². The standard InChI is InChI=1S/C23H32O7/c1-19-5-4-17-20(13-24)6-2-15(25)11-21(20,27)8-9-22(17,28)23(19,29)7-3-16(19)14-10-18(26)30-12-14/h10,13,15-17,25,27-29H,2-9,11-12H2,1H3/t15-,16+,17+,19+,20-,21-,22-,23+/m0/s1. The molecule has 0 bridgehead atoms. The van der Waals surface area contributed by atoms with Crippen LogP contribution in [-0.4, -0.2) is 62.2 Å². The average molecular weight is 421 g/mol. The van der Waals surface area contributed by atoms with Gasteiger partial charge in [-0.15, -0.1) is 0 Å². The van der Waals surface area contributed by atoms with Crippen LogP contribution in [0.2, 0.25) is 0 Å². The molecular weight excluding hydrogens is 388 g/mol. The Kier molecular flexibility index (Phi) is 4.23. The number of ether oxygens (including phenoxy) is 1. The molecule has 5 aliphatic rings. The molecule has 8 atom stereocenters. The summed E-state index contributed by atoms with van der Waals surface area (Å²) in [5.41, 5.74) is -5.23. The van der Waals surface area contributed by atoms with E-state index in [0.717, 1.165) is 11.9 Å². The third kappa shape index (κ3) is 2.20. The second-order valence-electron chi connectivity index (χ2n) is 10.8. The van der Waals surface area contributed by atoms with Crippen molar-refractivity contribution in [3.05, 3.63) is 11.6 Å². The first kappa shape index (κ1) is 20.6. The molecule has 0 unspecified atom stereocenters. The number of aldehydes is 1. The number of hydrogen-bond acceptors (Lipinski definition) is 7. The molecular formula is C23H32O7. The molecule has 1 heterocycles. The van der Waals surface area contributed by atoms with Crippen LogP contribution in [-0.2, 0) is 14.3 Å².